The molecular formula is H4N2O2Se. The maximum atomic E-state index is 9.25. The summed E-state index contributed by atoms with van der Waals surface area (Å²) < 4.78 is 20.1. The SMILES string of the molecule is NN[SeH](=O)=O. The molecule has 0 amide bonds. The van der Waals surface area contributed by atoms with Gasteiger partial charge in [0, 0.05) is 0 Å². The quantitative estimate of drug-likeness (QED) is 0.253. The summed E-state index contributed by atoms with van der Waals surface area (Å²) in [5.41, 5.74) is 0. The van der Waals surface area contributed by atoms with Gasteiger partial charge in [-0.25, -0.2) is 0 Å². The molecule has 0 aromatic carbocycles. The van der Waals surface area contributed by atoms with Crippen LogP contribution in [-0.4, -0.2) is 14.0 Å². The van der Waals surface area contributed by atoms with E-state index < -0.39 is 14.0 Å². The normalized spacial score (nSPS) is 9.20. The molecule has 0 fully saturated rings. The van der Waals surface area contributed by atoms with Gasteiger partial charge in [-0.15, -0.1) is 0 Å². The van der Waals surface area contributed by atoms with Gasteiger partial charge >= 0.3 is 31.9 Å². The van der Waals surface area contributed by atoms with Crippen LogP contribution in [0, 0.1) is 0 Å². The molecular weight excluding hydrogens is 139 g/mol. The van der Waals surface area contributed by atoms with E-state index in [-0.39, 0.29) is 0 Å². The second-order valence-corrected chi connectivity index (χ2v) is 2.01. The molecule has 0 spiro atoms. The zero-order valence-electron chi connectivity index (χ0n) is 2.34. The van der Waals surface area contributed by atoms with Gasteiger partial charge in [0.1, 0.15) is 0 Å². The van der Waals surface area contributed by atoms with E-state index in [4.69, 9.17) is 0 Å². The van der Waals surface area contributed by atoms with Crippen LogP contribution in [0.1, 0.15) is 0 Å². The van der Waals surface area contributed by atoms with Crippen molar-refractivity contribution in [3.8, 4) is 0 Å². The zero-order chi connectivity index (χ0) is 4.28. The van der Waals surface area contributed by atoms with Crippen molar-refractivity contribution in [3.63, 3.8) is 0 Å². The summed E-state index contributed by atoms with van der Waals surface area (Å²) >= 11 is -3.17. The molecule has 0 saturated heterocycles. The first-order valence-corrected chi connectivity index (χ1v) is 3.35. The Labute approximate surface area is 32.8 Å². The number of hydrogen-bond acceptors (Lipinski definition) is 3. The summed E-state index contributed by atoms with van der Waals surface area (Å²) in [6.45, 7) is 0. The second kappa shape index (κ2) is 2.29. The molecule has 0 atom stereocenters. The first kappa shape index (κ1) is 5.04. The molecule has 4 nitrogen and oxygen atoms in total. The van der Waals surface area contributed by atoms with Gasteiger partial charge in [-0.2, -0.15) is 0 Å². The third-order valence-electron chi connectivity index (χ3n) is 0.105. The van der Waals surface area contributed by atoms with Crippen molar-refractivity contribution in [3.05, 3.63) is 0 Å². The van der Waals surface area contributed by atoms with E-state index in [0.29, 0.717) is 0 Å². The van der Waals surface area contributed by atoms with E-state index in [1.54, 1.807) is 4.44 Å². The van der Waals surface area contributed by atoms with Gasteiger partial charge in [-0.1, -0.05) is 0 Å². The van der Waals surface area contributed by atoms with E-state index in [2.05, 4.69) is 5.84 Å². The van der Waals surface area contributed by atoms with E-state index in [9.17, 15) is 7.67 Å². The third-order valence-corrected chi connectivity index (χ3v) is 0.548. The van der Waals surface area contributed by atoms with Gasteiger partial charge in [0.15, 0.2) is 0 Å². The molecule has 0 radical (unpaired) electrons. The molecule has 0 heterocycles. The molecule has 0 rings (SSSR count). The fraction of sp³-hybridized carbons (Fsp3) is 0. The van der Waals surface area contributed by atoms with Crippen LogP contribution in [0.25, 0.3) is 0 Å². The van der Waals surface area contributed by atoms with Gasteiger partial charge in [0.25, 0.3) is 0 Å². The summed E-state index contributed by atoms with van der Waals surface area (Å²) in [4.78, 5) is 0. The van der Waals surface area contributed by atoms with E-state index in [1.165, 1.54) is 0 Å². The number of nitrogens with two attached hydrogens (primary N) is 1. The minimum absolute atomic E-state index is 1.56. The van der Waals surface area contributed by atoms with Crippen molar-refractivity contribution in [2.45, 2.75) is 0 Å². The molecule has 0 saturated carbocycles. The first-order valence-electron chi connectivity index (χ1n) is 0.877. The average molecular weight is 143 g/mol. The van der Waals surface area contributed by atoms with Gasteiger partial charge in [-0.05, 0) is 0 Å². The Balaban J connectivity index is 3.23. The average Bonchev–Trinajstić information content (AvgIpc) is 1.38. The maximum absolute atomic E-state index is 9.25. The predicted octanol–water partition coefficient (Wildman–Crippen LogP) is -1.97. The molecule has 0 aromatic rings. The molecule has 5 heavy (non-hydrogen) atoms. The van der Waals surface area contributed by atoms with Crippen LogP contribution >= 0.6 is 0 Å². The summed E-state index contributed by atoms with van der Waals surface area (Å²) in [6, 6.07) is 0. The molecule has 0 aliphatic heterocycles. The molecule has 0 aromatic heterocycles. The van der Waals surface area contributed by atoms with Crippen LogP contribution in [0.3, 0.4) is 0 Å². The Hall–Kier alpha value is 0.0395. The molecule has 0 unspecified atom stereocenters. The Kier molecular flexibility index (Phi) is 2.31. The zero-order valence-corrected chi connectivity index (χ0v) is 4.22. The monoisotopic (exact) mass is 144 g/mol. The van der Waals surface area contributed by atoms with E-state index in [1.807, 2.05) is 0 Å². The topological polar surface area (TPSA) is 72.2 Å². The Morgan fingerprint density at radius 2 is 1.80 bits per heavy atom. The summed E-state index contributed by atoms with van der Waals surface area (Å²) in [6.07, 6.45) is 0. The fourth-order valence-electron chi connectivity index (χ4n) is 0. The van der Waals surface area contributed by atoms with Crippen LogP contribution in [0.15, 0.2) is 0 Å². The van der Waals surface area contributed by atoms with Gasteiger partial charge in [0.2, 0.25) is 0 Å². The number of nitrogens with one attached hydrogen (secondary N) is 1. The Bertz CT molecular complexity index is 65.7. The number of rotatable bonds is 1. The molecule has 0 aliphatic rings. The number of hydrazine groups is 1. The van der Waals surface area contributed by atoms with Gasteiger partial charge in [0.05, 0.1) is 0 Å². The van der Waals surface area contributed by atoms with Crippen LogP contribution in [0.4, 0.5) is 0 Å². The van der Waals surface area contributed by atoms with Crippen LogP contribution in [0.5, 0.6) is 0 Å². The third kappa shape index (κ3) is 4.04. The van der Waals surface area contributed by atoms with Crippen molar-refractivity contribution in [1.29, 1.82) is 0 Å². The van der Waals surface area contributed by atoms with Crippen molar-refractivity contribution < 1.29 is 7.67 Å². The van der Waals surface area contributed by atoms with E-state index >= 15 is 0 Å². The van der Waals surface area contributed by atoms with Gasteiger partial charge < -0.3 is 0 Å². The predicted molar refractivity (Wildman–Crippen MR) is 15.8 cm³/mol. The van der Waals surface area contributed by atoms with Gasteiger partial charge in [-0.3, -0.25) is 0 Å². The molecule has 3 N–H and O–H groups in total. The standard InChI is InChI=1S/H4N2O2Se/c1-2-5(3)4/h5H,1H2,(H,2,3,4). The Morgan fingerprint density at radius 3 is 1.80 bits per heavy atom. The van der Waals surface area contributed by atoms with Crippen molar-refractivity contribution in [1.82, 2.24) is 4.44 Å². The summed E-state index contributed by atoms with van der Waals surface area (Å²) in [7, 11) is 0. The molecule has 5 heteroatoms. The first-order chi connectivity index (χ1) is 2.27. The van der Waals surface area contributed by atoms with Crippen molar-refractivity contribution in [2.75, 3.05) is 0 Å². The van der Waals surface area contributed by atoms with Crippen LogP contribution in [-0.2, 0) is 7.67 Å². The summed E-state index contributed by atoms with van der Waals surface area (Å²) in [5, 5.41) is 0. The van der Waals surface area contributed by atoms with Crippen LogP contribution in [0.2, 0.25) is 0 Å². The van der Waals surface area contributed by atoms with Crippen LogP contribution < -0.4 is 10.3 Å². The molecule has 32 valence electrons. The summed E-state index contributed by atoms with van der Waals surface area (Å²) in [5.74, 6) is 4.36. The fourth-order valence-corrected chi connectivity index (χ4v) is 0. The van der Waals surface area contributed by atoms with Crippen molar-refractivity contribution >= 4 is 14.0 Å². The Morgan fingerprint density at radius 1 is 1.60 bits per heavy atom. The van der Waals surface area contributed by atoms with Crippen molar-refractivity contribution in [2.24, 2.45) is 5.84 Å². The minimum atomic E-state index is -3.17. The molecule has 0 aliphatic carbocycles. The second-order valence-electron chi connectivity index (χ2n) is 0.386. The number of hydrogen-bond donors (Lipinski definition) is 2. The molecule has 0 bridgehead atoms. The van der Waals surface area contributed by atoms with E-state index in [0.717, 1.165) is 0 Å².